The number of hydrogen-bond donors (Lipinski definition) is 1. The van der Waals surface area contributed by atoms with Crippen molar-refractivity contribution >= 4 is 22.8 Å². The first-order valence-corrected chi connectivity index (χ1v) is 9.23. The number of nitrogens with zero attached hydrogens (tertiary/aromatic N) is 3. The van der Waals surface area contributed by atoms with E-state index in [1.807, 2.05) is 18.2 Å². The van der Waals surface area contributed by atoms with Gasteiger partial charge in [-0.2, -0.15) is 5.10 Å². The largest absolute Gasteiger partial charge is 0.301 e. The quantitative estimate of drug-likeness (QED) is 0.434. The summed E-state index contributed by atoms with van der Waals surface area (Å²) in [4.78, 5) is 21.0. The Morgan fingerprint density at radius 3 is 2.43 bits per heavy atom. The average molecular weight is 382 g/mol. The standard InChI is InChI=1S/C20H22N4O4/c1-20(15-8-4-2-5-9-15)13-7-3-6-10-19(20)22-21-17-12-11-16(23(25)26)14-18(17)24(27)28/h2,4-5,8-9,11-12,14,21H,3,6-7,10,13H2,1H3/b22-19-. The van der Waals surface area contributed by atoms with E-state index in [1.54, 1.807) is 0 Å². The predicted molar refractivity (Wildman–Crippen MR) is 108 cm³/mol. The van der Waals surface area contributed by atoms with Crippen LogP contribution in [0.5, 0.6) is 0 Å². The van der Waals surface area contributed by atoms with Crippen LogP contribution in [0.4, 0.5) is 17.1 Å². The topological polar surface area (TPSA) is 111 Å². The Balaban J connectivity index is 1.97. The van der Waals surface area contributed by atoms with E-state index in [0.29, 0.717) is 0 Å². The van der Waals surface area contributed by atoms with Crippen LogP contribution in [-0.4, -0.2) is 15.6 Å². The Labute approximate surface area is 162 Å². The van der Waals surface area contributed by atoms with Crippen LogP contribution >= 0.6 is 0 Å². The lowest BCUT2D eigenvalue weighted by atomic mass is 9.75. The van der Waals surface area contributed by atoms with Gasteiger partial charge in [0.25, 0.3) is 5.69 Å². The molecular formula is C20H22N4O4. The molecule has 8 heteroatoms. The molecule has 2 aromatic carbocycles. The molecule has 28 heavy (non-hydrogen) atoms. The summed E-state index contributed by atoms with van der Waals surface area (Å²) in [5, 5.41) is 26.8. The molecule has 0 bridgehead atoms. The molecular weight excluding hydrogens is 360 g/mol. The number of rotatable bonds is 5. The fourth-order valence-corrected chi connectivity index (χ4v) is 3.67. The van der Waals surface area contributed by atoms with Crippen LogP contribution < -0.4 is 5.43 Å². The third kappa shape index (κ3) is 4.00. The number of nitrogens with one attached hydrogen (secondary N) is 1. The number of nitro benzene ring substituents is 2. The van der Waals surface area contributed by atoms with Crippen LogP contribution in [-0.2, 0) is 5.41 Å². The van der Waals surface area contributed by atoms with Crippen molar-refractivity contribution in [1.29, 1.82) is 0 Å². The predicted octanol–water partition coefficient (Wildman–Crippen LogP) is 5.19. The molecule has 0 heterocycles. The molecule has 0 aliphatic heterocycles. The van der Waals surface area contributed by atoms with E-state index in [4.69, 9.17) is 0 Å². The van der Waals surface area contributed by atoms with Gasteiger partial charge in [-0.3, -0.25) is 25.7 Å². The first kappa shape index (κ1) is 19.5. The third-order valence-corrected chi connectivity index (χ3v) is 5.34. The zero-order valence-corrected chi connectivity index (χ0v) is 15.6. The number of benzene rings is 2. The molecule has 1 unspecified atom stereocenters. The highest BCUT2D eigenvalue weighted by Gasteiger charge is 2.34. The highest BCUT2D eigenvalue weighted by molar-refractivity contribution is 5.95. The van der Waals surface area contributed by atoms with E-state index in [9.17, 15) is 20.2 Å². The monoisotopic (exact) mass is 382 g/mol. The molecule has 0 spiro atoms. The molecule has 1 aliphatic rings. The molecule has 1 fully saturated rings. The molecule has 1 saturated carbocycles. The van der Waals surface area contributed by atoms with Crippen molar-refractivity contribution in [2.45, 2.75) is 44.4 Å². The van der Waals surface area contributed by atoms with Gasteiger partial charge in [0.15, 0.2) is 0 Å². The molecule has 8 nitrogen and oxygen atoms in total. The smallest absolute Gasteiger partial charge is 0.272 e. The number of nitro groups is 2. The summed E-state index contributed by atoms with van der Waals surface area (Å²) in [5.74, 6) is 0. The number of anilines is 1. The Bertz CT molecular complexity index is 914. The van der Waals surface area contributed by atoms with Crippen molar-refractivity contribution in [2.75, 3.05) is 5.43 Å². The molecule has 146 valence electrons. The third-order valence-electron chi connectivity index (χ3n) is 5.34. The van der Waals surface area contributed by atoms with E-state index in [1.165, 1.54) is 12.1 Å². The lowest BCUT2D eigenvalue weighted by molar-refractivity contribution is -0.393. The average Bonchev–Trinajstić information content (AvgIpc) is 2.89. The minimum Gasteiger partial charge on any atom is -0.272 e. The maximum Gasteiger partial charge on any atom is 0.301 e. The summed E-state index contributed by atoms with van der Waals surface area (Å²) in [7, 11) is 0. The van der Waals surface area contributed by atoms with Gasteiger partial charge in [0.05, 0.1) is 15.9 Å². The zero-order chi connectivity index (χ0) is 20.1. The van der Waals surface area contributed by atoms with Gasteiger partial charge >= 0.3 is 5.69 Å². The van der Waals surface area contributed by atoms with Crippen molar-refractivity contribution in [2.24, 2.45) is 5.10 Å². The van der Waals surface area contributed by atoms with Crippen molar-refractivity contribution in [3.8, 4) is 0 Å². The first-order valence-electron chi connectivity index (χ1n) is 9.23. The molecule has 1 atom stereocenters. The fourth-order valence-electron chi connectivity index (χ4n) is 3.67. The Morgan fingerprint density at radius 2 is 1.75 bits per heavy atom. The Hall–Kier alpha value is -3.29. The molecule has 2 aromatic rings. The molecule has 0 radical (unpaired) electrons. The molecule has 0 amide bonds. The van der Waals surface area contributed by atoms with Gasteiger partial charge in [0.1, 0.15) is 5.69 Å². The summed E-state index contributed by atoms with van der Waals surface area (Å²) < 4.78 is 0. The summed E-state index contributed by atoms with van der Waals surface area (Å²) in [5.41, 5.74) is 4.09. The number of hydrazone groups is 1. The van der Waals surface area contributed by atoms with Gasteiger partial charge in [-0.05, 0) is 30.9 Å². The van der Waals surface area contributed by atoms with Crippen LogP contribution in [0.1, 0.15) is 44.6 Å². The van der Waals surface area contributed by atoms with E-state index >= 15 is 0 Å². The molecule has 0 aromatic heterocycles. The minimum atomic E-state index is -0.652. The summed E-state index contributed by atoms with van der Waals surface area (Å²) >= 11 is 0. The van der Waals surface area contributed by atoms with Crippen LogP contribution in [0.2, 0.25) is 0 Å². The molecule has 1 aliphatic carbocycles. The van der Waals surface area contributed by atoms with Gasteiger partial charge < -0.3 is 0 Å². The normalized spacial score (nSPS) is 21.1. The van der Waals surface area contributed by atoms with Gasteiger partial charge in [-0.25, -0.2) is 0 Å². The lowest BCUT2D eigenvalue weighted by Gasteiger charge is -2.30. The maximum atomic E-state index is 11.3. The summed E-state index contributed by atoms with van der Waals surface area (Å²) in [6, 6.07) is 13.6. The van der Waals surface area contributed by atoms with Gasteiger partial charge in [-0.15, -0.1) is 0 Å². The highest BCUT2D eigenvalue weighted by atomic mass is 16.6. The van der Waals surface area contributed by atoms with Gasteiger partial charge in [0.2, 0.25) is 0 Å². The second-order valence-corrected chi connectivity index (χ2v) is 7.14. The molecule has 0 saturated heterocycles. The highest BCUT2D eigenvalue weighted by Crippen LogP contribution is 2.37. The number of non-ortho nitro benzene ring substituents is 1. The minimum absolute atomic E-state index is 0.141. The van der Waals surface area contributed by atoms with Crippen molar-refractivity contribution in [1.82, 2.24) is 0 Å². The lowest BCUT2D eigenvalue weighted by Crippen LogP contribution is -2.32. The van der Waals surface area contributed by atoms with E-state index < -0.39 is 9.85 Å². The van der Waals surface area contributed by atoms with Crippen LogP contribution in [0, 0.1) is 20.2 Å². The Morgan fingerprint density at radius 1 is 1.00 bits per heavy atom. The van der Waals surface area contributed by atoms with Gasteiger partial charge in [-0.1, -0.05) is 50.1 Å². The SMILES string of the molecule is CC1(c2ccccc2)CCCCC/C1=N/Nc1ccc([N+](=O)[O-])cc1[N+](=O)[O-]. The zero-order valence-electron chi connectivity index (χ0n) is 15.6. The van der Waals surface area contributed by atoms with E-state index in [-0.39, 0.29) is 22.5 Å². The number of hydrogen-bond acceptors (Lipinski definition) is 6. The van der Waals surface area contributed by atoms with E-state index in [0.717, 1.165) is 49.4 Å². The Kier molecular flexibility index (Phi) is 5.67. The van der Waals surface area contributed by atoms with Crippen molar-refractivity contribution in [3.63, 3.8) is 0 Å². The summed E-state index contributed by atoms with van der Waals surface area (Å²) in [6.07, 6.45) is 4.94. The van der Waals surface area contributed by atoms with Crippen LogP contribution in [0.3, 0.4) is 0 Å². The second-order valence-electron chi connectivity index (χ2n) is 7.14. The summed E-state index contributed by atoms with van der Waals surface area (Å²) in [6.45, 7) is 2.15. The first-order chi connectivity index (χ1) is 13.4. The maximum absolute atomic E-state index is 11.3. The van der Waals surface area contributed by atoms with Gasteiger partial charge in [0, 0.05) is 17.2 Å². The fraction of sp³-hybridized carbons (Fsp3) is 0.350. The van der Waals surface area contributed by atoms with Crippen LogP contribution in [0.15, 0.2) is 53.6 Å². The van der Waals surface area contributed by atoms with Crippen LogP contribution in [0.25, 0.3) is 0 Å². The second kappa shape index (κ2) is 8.16. The molecule has 3 rings (SSSR count). The van der Waals surface area contributed by atoms with Crippen molar-refractivity contribution < 1.29 is 9.85 Å². The molecule has 1 N–H and O–H groups in total. The van der Waals surface area contributed by atoms with E-state index in [2.05, 4.69) is 29.6 Å². The van der Waals surface area contributed by atoms with Crippen molar-refractivity contribution in [3.05, 3.63) is 74.3 Å².